The van der Waals surface area contributed by atoms with Gasteiger partial charge in [-0.25, -0.2) is 0 Å². The van der Waals surface area contributed by atoms with Crippen LogP contribution in [0, 0.1) is 0 Å². The van der Waals surface area contributed by atoms with E-state index in [1.807, 2.05) is 0 Å². The molecule has 0 aromatic heterocycles. The van der Waals surface area contributed by atoms with Gasteiger partial charge in [0.25, 0.3) is 0 Å². The normalized spacial score (nSPS) is 13.0. The van der Waals surface area contributed by atoms with Gasteiger partial charge in [0.15, 0.2) is 0 Å². The summed E-state index contributed by atoms with van der Waals surface area (Å²) in [6.45, 7) is 0. The minimum absolute atomic E-state index is 0.495. The van der Waals surface area contributed by atoms with Crippen molar-refractivity contribution in [1.82, 2.24) is 0 Å². The van der Waals surface area contributed by atoms with Crippen LogP contribution in [0.2, 0.25) is 0 Å². The predicted octanol–water partition coefficient (Wildman–Crippen LogP) is 13.0. The smallest absolute Gasteiger partial charge is 0.132 e. The molecule has 1 aliphatic heterocycles. The highest BCUT2D eigenvalue weighted by molar-refractivity contribution is 5.92. The Morgan fingerprint density at radius 2 is 0.804 bits per heavy atom. The number of hydrogen-bond donors (Lipinski definition) is 0. The molecule has 2 nitrogen and oxygen atoms in total. The summed E-state index contributed by atoms with van der Waals surface area (Å²) >= 11 is 0. The third kappa shape index (κ3) is 4.57. The second-order valence-electron chi connectivity index (χ2n) is 13.3. The molecule has 51 heavy (non-hydrogen) atoms. The number of fused-ring (bicyclic) bond motifs is 9. The van der Waals surface area contributed by atoms with Gasteiger partial charge >= 0.3 is 0 Å². The summed E-state index contributed by atoms with van der Waals surface area (Å²) in [5, 5.41) is 0. The molecule has 0 fully saturated rings. The van der Waals surface area contributed by atoms with Crippen molar-refractivity contribution in [3.63, 3.8) is 0 Å². The van der Waals surface area contributed by atoms with Crippen molar-refractivity contribution in [3.05, 3.63) is 222 Å². The van der Waals surface area contributed by atoms with Crippen LogP contribution in [-0.4, -0.2) is 0 Å². The largest absolute Gasteiger partial charge is 0.457 e. The summed E-state index contributed by atoms with van der Waals surface area (Å²) in [5.41, 5.74) is 15.0. The van der Waals surface area contributed by atoms with Gasteiger partial charge in [0.2, 0.25) is 0 Å². The van der Waals surface area contributed by atoms with E-state index in [2.05, 4.69) is 205 Å². The maximum Gasteiger partial charge on any atom is 0.132 e. The zero-order valence-electron chi connectivity index (χ0n) is 27.9. The molecule has 0 radical (unpaired) electrons. The Morgan fingerprint density at radius 1 is 0.314 bits per heavy atom. The van der Waals surface area contributed by atoms with E-state index in [-0.39, 0.29) is 0 Å². The fourth-order valence-electron chi connectivity index (χ4n) is 8.32. The van der Waals surface area contributed by atoms with E-state index in [9.17, 15) is 0 Å². The standard InChI is InChI=1S/C49H33NO/c1-3-14-34(15-4-1)36-26-28-38(29-27-36)50(39-19-13-18-37(32-39)35-16-5-2-6-17-35)40-30-31-44-42(33-40)41-20-7-8-21-43(41)49(44)45-22-9-11-24-47(45)51-48-25-12-10-23-46(48)49/h1-33H. The summed E-state index contributed by atoms with van der Waals surface area (Å²) in [6, 6.07) is 72.0. The minimum Gasteiger partial charge on any atom is -0.457 e. The molecule has 1 spiro atoms. The molecule has 8 aromatic rings. The van der Waals surface area contributed by atoms with Crippen molar-refractivity contribution in [2.45, 2.75) is 5.41 Å². The van der Waals surface area contributed by atoms with E-state index in [0.717, 1.165) is 28.6 Å². The average Bonchev–Trinajstić information content (AvgIpc) is 3.49. The molecule has 10 rings (SSSR count). The lowest BCUT2D eigenvalue weighted by atomic mass is 9.66. The van der Waals surface area contributed by atoms with Crippen LogP contribution in [0.1, 0.15) is 22.3 Å². The highest BCUT2D eigenvalue weighted by atomic mass is 16.5. The lowest BCUT2D eigenvalue weighted by Crippen LogP contribution is -2.32. The Morgan fingerprint density at radius 3 is 1.49 bits per heavy atom. The van der Waals surface area contributed by atoms with E-state index in [1.165, 1.54) is 55.6 Å². The molecule has 0 bridgehead atoms. The van der Waals surface area contributed by atoms with E-state index in [4.69, 9.17) is 4.74 Å². The fraction of sp³-hybridized carbons (Fsp3) is 0.0204. The summed E-state index contributed by atoms with van der Waals surface area (Å²) in [6.07, 6.45) is 0. The Kier molecular flexibility index (Phi) is 6.75. The van der Waals surface area contributed by atoms with Gasteiger partial charge in [-0.15, -0.1) is 0 Å². The molecule has 0 N–H and O–H groups in total. The molecule has 0 saturated heterocycles. The molecule has 240 valence electrons. The lowest BCUT2D eigenvalue weighted by molar-refractivity contribution is 0.436. The van der Waals surface area contributed by atoms with E-state index in [0.29, 0.717) is 0 Å². The predicted molar refractivity (Wildman–Crippen MR) is 209 cm³/mol. The molecule has 0 unspecified atom stereocenters. The van der Waals surface area contributed by atoms with Gasteiger partial charge in [-0.3, -0.25) is 0 Å². The molecular formula is C49H33NO. The zero-order valence-corrected chi connectivity index (χ0v) is 27.9. The van der Waals surface area contributed by atoms with Crippen LogP contribution in [0.3, 0.4) is 0 Å². The molecule has 0 atom stereocenters. The van der Waals surface area contributed by atoms with Crippen LogP contribution in [0.4, 0.5) is 17.1 Å². The summed E-state index contributed by atoms with van der Waals surface area (Å²) in [5.74, 6) is 1.81. The van der Waals surface area contributed by atoms with Crippen LogP contribution in [0.15, 0.2) is 200 Å². The Balaban J connectivity index is 1.19. The number of para-hydroxylation sites is 2. The number of ether oxygens (including phenoxy) is 1. The highest BCUT2D eigenvalue weighted by Crippen LogP contribution is 2.62. The third-order valence-electron chi connectivity index (χ3n) is 10.5. The first-order valence-electron chi connectivity index (χ1n) is 17.5. The molecule has 1 heterocycles. The van der Waals surface area contributed by atoms with Crippen molar-refractivity contribution in [1.29, 1.82) is 0 Å². The summed E-state index contributed by atoms with van der Waals surface area (Å²) in [4.78, 5) is 2.39. The first kappa shape index (κ1) is 29.3. The third-order valence-corrected chi connectivity index (χ3v) is 10.5. The first-order chi connectivity index (χ1) is 25.3. The Labute approximate surface area is 298 Å². The van der Waals surface area contributed by atoms with Gasteiger partial charge in [-0.05, 0) is 93.0 Å². The molecule has 2 heteroatoms. The van der Waals surface area contributed by atoms with E-state index in [1.54, 1.807) is 0 Å². The van der Waals surface area contributed by atoms with Gasteiger partial charge in [-0.1, -0.05) is 152 Å². The SMILES string of the molecule is c1ccc(-c2ccc(N(c3cccc(-c4ccccc4)c3)c3ccc4c(c3)-c3ccccc3C43c4ccccc4Oc4ccccc43)cc2)cc1. The second kappa shape index (κ2) is 11.8. The zero-order chi connectivity index (χ0) is 33.8. The number of hydrogen-bond acceptors (Lipinski definition) is 2. The van der Waals surface area contributed by atoms with Gasteiger partial charge in [0.05, 0.1) is 5.41 Å². The van der Waals surface area contributed by atoms with Crippen molar-refractivity contribution in [2.24, 2.45) is 0 Å². The molecule has 0 saturated carbocycles. The number of anilines is 3. The monoisotopic (exact) mass is 651 g/mol. The molecular weight excluding hydrogens is 619 g/mol. The average molecular weight is 652 g/mol. The first-order valence-corrected chi connectivity index (χ1v) is 17.5. The Bertz CT molecular complexity index is 2510. The van der Waals surface area contributed by atoms with Crippen LogP contribution < -0.4 is 9.64 Å². The van der Waals surface area contributed by atoms with Crippen LogP contribution in [-0.2, 0) is 5.41 Å². The lowest BCUT2D eigenvalue weighted by Gasteiger charge is -2.39. The van der Waals surface area contributed by atoms with Crippen molar-refractivity contribution < 1.29 is 4.74 Å². The quantitative estimate of drug-likeness (QED) is 0.184. The molecule has 8 aromatic carbocycles. The second-order valence-corrected chi connectivity index (χ2v) is 13.3. The maximum absolute atomic E-state index is 6.55. The van der Waals surface area contributed by atoms with Gasteiger partial charge in [0, 0.05) is 28.2 Å². The summed E-state index contributed by atoms with van der Waals surface area (Å²) < 4.78 is 6.55. The number of nitrogens with zero attached hydrogens (tertiary/aromatic N) is 1. The van der Waals surface area contributed by atoms with Gasteiger partial charge in [0.1, 0.15) is 11.5 Å². The molecule has 2 aliphatic rings. The summed E-state index contributed by atoms with van der Waals surface area (Å²) in [7, 11) is 0. The van der Waals surface area contributed by atoms with Crippen LogP contribution >= 0.6 is 0 Å². The highest BCUT2D eigenvalue weighted by Gasteiger charge is 2.51. The van der Waals surface area contributed by atoms with E-state index < -0.39 is 5.41 Å². The number of benzene rings is 8. The van der Waals surface area contributed by atoms with Gasteiger partial charge in [-0.2, -0.15) is 0 Å². The van der Waals surface area contributed by atoms with Crippen LogP contribution in [0.5, 0.6) is 11.5 Å². The Hall–Kier alpha value is -6.64. The molecule has 1 aliphatic carbocycles. The van der Waals surface area contributed by atoms with E-state index >= 15 is 0 Å². The number of rotatable bonds is 5. The van der Waals surface area contributed by atoms with Crippen molar-refractivity contribution >= 4 is 17.1 Å². The van der Waals surface area contributed by atoms with Crippen molar-refractivity contribution in [3.8, 4) is 44.9 Å². The topological polar surface area (TPSA) is 12.5 Å². The fourth-order valence-corrected chi connectivity index (χ4v) is 8.32. The van der Waals surface area contributed by atoms with Gasteiger partial charge < -0.3 is 9.64 Å². The maximum atomic E-state index is 6.55. The van der Waals surface area contributed by atoms with Crippen molar-refractivity contribution in [2.75, 3.05) is 4.90 Å². The minimum atomic E-state index is -0.495. The van der Waals surface area contributed by atoms with Crippen LogP contribution in [0.25, 0.3) is 33.4 Å². The molecule has 0 amide bonds.